The van der Waals surface area contributed by atoms with Gasteiger partial charge in [0.1, 0.15) is 5.75 Å². The molecular weight excluding hydrogens is 242 g/mol. The Kier molecular flexibility index (Phi) is 6.68. The third-order valence-corrected chi connectivity index (χ3v) is 2.79. The first-order valence-corrected chi connectivity index (χ1v) is 6.43. The van der Waals surface area contributed by atoms with E-state index in [1.54, 1.807) is 13.2 Å². The van der Waals surface area contributed by atoms with Gasteiger partial charge in [-0.05, 0) is 36.6 Å². The number of methoxy groups -OCH3 is 1. The van der Waals surface area contributed by atoms with Crippen LogP contribution in [-0.4, -0.2) is 30.8 Å². The minimum atomic E-state index is -0.342. The van der Waals surface area contributed by atoms with Gasteiger partial charge in [0.05, 0.1) is 13.2 Å². The molecule has 4 nitrogen and oxygen atoms in total. The molecule has 1 aromatic carbocycles. The Bertz CT molecular complexity index is 412. The molecule has 0 heterocycles. The normalized spacial score (nSPS) is 12.4. The summed E-state index contributed by atoms with van der Waals surface area (Å²) in [6.07, 6.45) is 4.17. The van der Waals surface area contributed by atoms with Gasteiger partial charge in [0.2, 0.25) is 5.91 Å². The topological polar surface area (TPSA) is 58.6 Å². The summed E-state index contributed by atoms with van der Waals surface area (Å²) in [5, 5.41) is 12.1. The fourth-order valence-electron chi connectivity index (χ4n) is 1.51. The van der Waals surface area contributed by atoms with Crippen molar-refractivity contribution in [2.45, 2.75) is 25.9 Å². The number of ether oxygens (including phenoxy) is 1. The molecule has 0 bridgehead atoms. The molecule has 0 fully saturated rings. The molecule has 0 aliphatic carbocycles. The van der Waals surface area contributed by atoms with Crippen LogP contribution in [0.5, 0.6) is 5.75 Å². The first-order valence-electron chi connectivity index (χ1n) is 6.43. The minimum Gasteiger partial charge on any atom is -0.497 e. The van der Waals surface area contributed by atoms with Crippen LogP contribution in [0.15, 0.2) is 30.3 Å². The molecule has 0 aromatic heterocycles. The molecule has 0 aliphatic rings. The second-order valence-electron chi connectivity index (χ2n) is 4.25. The average molecular weight is 263 g/mol. The lowest BCUT2D eigenvalue weighted by atomic mass is 10.2. The Morgan fingerprint density at radius 2 is 2.11 bits per heavy atom. The summed E-state index contributed by atoms with van der Waals surface area (Å²) in [5.41, 5.74) is 0.935. The lowest BCUT2D eigenvalue weighted by Crippen LogP contribution is -2.25. The molecule has 0 aliphatic heterocycles. The molecule has 1 aromatic rings. The maximum absolute atomic E-state index is 11.5. The largest absolute Gasteiger partial charge is 0.497 e. The van der Waals surface area contributed by atoms with Gasteiger partial charge < -0.3 is 15.2 Å². The number of carbonyl (C=O) groups excluding carboxylic acids is 1. The van der Waals surface area contributed by atoms with Gasteiger partial charge in [0.15, 0.2) is 0 Å². The lowest BCUT2D eigenvalue weighted by Gasteiger charge is -2.07. The van der Waals surface area contributed by atoms with Crippen molar-refractivity contribution in [3.8, 4) is 5.75 Å². The van der Waals surface area contributed by atoms with Gasteiger partial charge in [0.25, 0.3) is 0 Å². The third kappa shape index (κ3) is 6.06. The maximum Gasteiger partial charge on any atom is 0.244 e. The number of rotatable bonds is 7. The summed E-state index contributed by atoms with van der Waals surface area (Å²) in [7, 11) is 1.61. The fourth-order valence-corrected chi connectivity index (χ4v) is 1.51. The fraction of sp³-hybridized carbons (Fsp3) is 0.400. The van der Waals surface area contributed by atoms with Gasteiger partial charge in [0, 0.05) is 12.6 Å². The zero-order valence-corrected chi connectivity index (χ0v) is 11.4. The minimum absolute atomic E-state index is 0.154. The number of benzene rings is 1. The lowest BCUT2D eigenvalue weighted by molar-refractivity contribution is -0.116. The molecule has 19 heavy (non-hydrogen) atoms. The quantitative estimate of drug-likeness (QED) is 0.740. The molecule has 0 saturated carbocycles. The summed E-state index contributed by atoms with van der Waals surface area (Å²) < 4.78 is 5.05. The van der Waals surface area contributed by atoms with E-state index in [2.05, 4.69) is 5.32 Å². The van der Waals surface area contributed by atoms with Gasteiger partial charge in [-0.15, -0.1) is 0 Å². The number of amides is 1. The van der Waals surface area contributed by atoms with Crippen LogP contribution >= 0.6 is 0 Å². The first-order chi connectivity index (χ1) is 9.15. The number of aliphatic hydroxyl groups excluding tert-OH is 1. The Balaban J connectivity index is 2.36. The number of carbonyl (C=O) groups is 1. The number of aliphatic hydroxyl groups is 1. The molecule has 0 saturated heterocycles. The van der Waals surface area contributed by atoms with Gasteiger partial charge in [-0.3, -0.25) is 4.79 Å². The summed E-state index contributed by atoms with van der Waals surface area (Å²) in [6, 6.07) is 7.44. The van der Waals surface area contributed by atoms with Crippen molar-refractivity contribution in [1.82, 2.24) is 5.32 Å². The zero-order chi connectivity index (χ0) is 14.1. The summed E-state index contributed by atoms with van der Waals surface area (Å²) in [4.78, 5) is 11.5. The predicted molar refractivity (Wildman–Crippen MR) is 76.0 cm³/mol. The van der Waals surface area contributed by atoms with E-state index >= 15 is 0 Å². The van der Waals surface area contributed by atoms with E-state index in [4.69, 9.17) is 4.74 Å². The van der Waals surface area contributed by atoms with E-state index in [1.165, 1.54) is 6.08 Å². The maximum atomic E-state index is 11.5. The van der Waals surface area contributed by atoms with Crippen LogP contribution in [0.4, 0.5) is 0 Å². The smallest absolute Gasteiger partial charge is 0.244 e. The standard InChI is InChI=1S/C15H21NO3/c1-3-13(17)10-11-16-15(18)9-6-12-4-7-14(19-2)8-5-12/h4-9,13,17H,3,10-11H2,1-2H3,(H,16,18)/b9-6+. The highest BCUT2D eigenvalue weighted by molar-refractivity contribution is 5.91. The van der Waals surface area contributed by atoms with E-state index < -0.39 is 0 Å². The van der Waals surface area contributed by atoms with Gasteiger partial charge in [-0.25, -0.2) is 0 Å². The van der Waals surface area contributed by atoms with Crippen molar-refractivity contribution in [2.24, 2.45) is 0 Å². The molecule has 2 N–H and O–H groups in total. The molecule has 0 spiro atoms. The van der Waals surface area contributed by atoms with Crippen molar-refractivity contribution in [2.75, 3.05) is 13.7 Å². The van der Waals surface area contributed by atoms with E-state index in [-0.39, 0.29) is 12.0 Å². The highest BCUT2D eigenvalue weighted by Gasteiger charge is 2.01. The first kappa shape index (κ1) is 15.2. The van der Waals surface area contributed by atoms with Gasteiger partial charge in [-0.1, -0.05) is 19.1 Å². The van der Waals surface area contributed by atoms with Crippen molar-refractivity contribution in [3.63, 3.8) is 0 Å². The monoisotopic (exact) mass is 263 g/mol. The van der Waals surface area contributed by atoms with E-state index in [0.29, 0.717) is 19.4 Å². The third-order valence-electron chi connectivity index (χ3n) is 2.79. The number of hydrogen-bond acceptors (Lipinski definition) is 3. The molecule has 1 rings (SSSR count). The van der Waals surface area contributed by atoms with Gasteiger partial charge >= 0.3 is 0 Å². The molecule has 1 atom stereocenters. The van der Waals surface area contributed by atoms with E-state index in [1.807, 2.05) is 31.2 Å². The van der Waals surface area contributed by atoms with Crippen LogP contribution in [0.3, 0.4) is 0 Å². The molecule has 1 unspecified atom stereocenters. The van der Waals surface area contributed by atoms with Crippen molar-refractivity contribution in [3.05, 3.63) is 35.9 Å². The second-order valence-corrected chi connectivity index (χ2v) is 4.25. The van der Waals surface area contributed by atoms with Crippen LogP contribution in [0.1, 0.15) is 25.3 Å². The number of hydrogen-bond donors (Lipinski definition) is 2. The SMILES string of the molecule is CCC(O)CCNC(=O)/C=C/c1ccc(OC)cc1. The molecule has 0 radical (unpaired) electrons. The average Bonchev–Trinajstić information content (AvgIpc) is 2.45. The van der Waals surface area contributed by atoms with Crippen molar-refractivity contribution >= 4 is 12.0 Å². The summed E-state index contributed by atoms with van der Waals surface area (Å²) in [5.74, 6) is 0.634. The van der Waals surface area contributed by atoms with Gasteiger partial charge in [-0.2, -0.15) is 0 Å². The van der Waals surface area contributed by atoms with Crippen LogP contribution in [0.25, 0.3) is 6.08 Å². The van der Waals surface area contributed by atoms with Crippen LogP contribution in [0.2, 0.25) is 0 Å². The Labute approximate surface area is 114 Å². The highest BCUT2D eigenvalue weighted by atomic mass is 16.5. The van der Waals surface area contributed by atoms with Crippen LogP contribution < -0.4 is 10.1 Å². The molecule has 1 amide bonds. The van der Waals surface area contributed by atoms with E-state index in [9.17, 15) is 9.90 Å². The predicted octanol–water partition coefficient (Wildman–Crippen LogP) is 1.99. The van der Waals surface area contributed by atoms with Crippen molar-refractivity contribution < 1.29 is 14.6 Å². The Morgan fingerprint density at radius 1 is 1.42 bits per heavy atom. The van der Waals surface area contributed by atoms with Crippen LogP contribution in [0, 0.1) is 0 Å². The Hall–Kier alpha value is -1.81. The molecular formula is C15H21NO3. The Morgan fingerprint density at radius 3 is 2.68 bits per heavy atom. The summed E-state index contributed by atoms with van der Waals surface area (Å²) >= 11 is 0. The molecule has 104 valence electrons. The summed E-state index contributed by atoms with van der Waals surface area (Å²) in [6.45, 7) is 2.40. The highest BCUT2D eigenvalue weighted by Crippen LogP contribution is 2.12. The molecule has 4 heteroatoms. The number of nitrogens with one attached hydrogen (secondary N) is 1. The zero-order valence-electron chi connectivity index (χ0n) is 11.4. The van der Waals surface area contributed by atoms with Crippen LogP contribution in [-0.2, 0) is 4.79 Å². The van der Waals surface area contributed by atoms with E-state index in [0.717, 1.165) is 11.3 Å². The second kappa shape index (κ2) is 8.32. The van der Waals surface area contributed by atoms with Crippen molar-refractivity contribution in [1.29, 1.82) is 0 Å².